The number of rotatable bonds is 6. The minimum atomic E-state index is -0.662. The first kappa shape index (κ1) is 14.5. The molecule has 2 rings (SSSR count). The van der Waals surface area contributed by atoms with Crippen LogP contribution in [0.15, 0.2) is 18.2 Å². The van der Waals surface area contributed by atoms with Gasteiger partial charge in [0.25, 0.3) is 17.5 Å². The monoisotopic (exact) mass is 296 g/mol. The van der Waals surface area contributed by atoms with Gasteiger partial charge in [-0.1, -0.05) is 6.07 Å². The van der Waals surface area contributed by atoms with E-state index in [4.69, 9.17) is 4.74 Å². The molecule has 0 aliphatic carbocycles. The average molecular weight is 296 g/mol. The predicted molar refractivity (Wildman–Crippen MR) is 73.1 cm³/mol. The normalized spacial score (nSPS) is 13.8. The van der Waals surface area contributed by atoms with Crippen molar-refractivity contribution in [1.29, 1.82) is 0 Å². The highest BCUT2D eigenvalue weighted by molar-refractivity contribution is 7.80. The number of carbonyl (C=O) groups is 2. The first-order valence-corrected chi connectivity index (χ1v) is 6.53. The van der Waals surface area contributed by atoms with Gasteiger partial charge in [0.05, 0.1) is 30.2 Å². The van der Waals surface area contributed by atoms with Crippen molar-refractivity contribution in [2.75, 3.05) is 25.5 Å². The van der Waals surface area contributed by atoms with Gasteiger partial charge in [0.2, 0.25) is 0 Å². The first-order valence-electron chi connectivity index (χ1n) is 5.90. The van der Waals surface area contributed by atoms with Crippen LogP contribution in [-0.4, -0.2) is 47.1 Å². The molecule has 0 N–H and O–H groups in total. The molecule has 8 heteroatoms. The summed E-state index contributed by atoms with van der Waals surface area (Å²) in [5.41, 5.74) is -0.422. The summed E-state index contributed by atoms with van der Waals surface area (Å²) in [5, 5.41) is 10.9. The Labute approximate surface area is 120 Å². The summed E-state index contributed by atoms with van der Waals surface area (Å²) >= 11 is 3.97. The van der Waals surface area contributed by atoms with Gasteiger partial charge >= 0.3 is 0 Å². The summed E-state index contributed by atoms with van der Waals surface area (Å²) in [6.45, 7) is 0.656. The van der Waals surface area contributed by atoms with Crippen LogP contribution >= 0.6 is 12.6 Å². The fourth-order valence-corrected chi connectivity index (χ4v) is 2.12. The molecular formula is C12H12N2O5S. The van der Waals surface area contributed by atoms with E-state index in [1.165, 1.54) is 18.2 Å². The number of thiol groups is 1. The van der Waals surface area contributed by atoms with Crippen molar-refractivity contribution in [2.24, 2.45) is 0 Å². The number of imide groups is 1. The van der Waals surface area contributed by atoms with Gasteiger partial charge < -0.3 is 4.74 Å². The summed E-state index contributed by atoms with van der Waals surface area (Å²) in [7, 11) is 0. The van der Waals surface area contributed by atoms with Crippen molar-refractivity contribution < 1.29 is 19.2 Å². The number of carbonyl (C=O) groups excluding carboxylic acids is 2. The number of fused-ring (bicyclic) bond motifs is 1. The van der Waals surface area contributed by atoms with Crippen molar-refractivity contribution in [2.45, 2.75) is 0 Å². The lowest BCUT2D eigenvalue weighted by molar-refractivity contribution is -0.385. The molecule has 1 aliphatic heterocycles. The number of nitro benzene ring substituents is 1. The van der Waals surface area contributed by atoms with Crippen LogP contribution in [0, 0.1) is 10.1 Å². The van der Waals surface area contributed by atoms with Gasteiger partial charge in [-0.3, -0.25) is 24.6 Å². The maximum Gasteiger partial charge on any atom is 0.282 e. The Morgan fingerprint density at radius 2 is 2.00 bits per heavy atom. The molecule has 20 heavy (non-hydrogen) atoms. The second kappa shape index (κ2) is 6.02. The quantitative estimate of drug-likeness (QED) is 0.279. The average Bonchev–Trinajstić information content (AvgIpc) is 2.68. The summed E-state index contributed by atoms with van der Waals surface area (Å²) < 4.78 is 5.16. The lowest BCUT2D eigenvalue weighted by Crippen LogP contribution is -2.33. The van der Waals surface area contributed by atoms with Gasteiger partial charge in [-0.2, -0.15) is 12.6 Å². The first-order chi connectivity index (χ1) is 9.57. The molecule has 0 saturated heterocycles. The molecule has 1 heterocycles. The number of amides is 2. The Bertz CT molecular complexity index is 575. The molecule has 1 aromatic carbocycles. The third-order valence-electron chi connectivity index (χ3n) is 2.87. The standard InChI is InChI=1S/C12H12N2O5S/c15-11-8-2-1-3-9(14(17)18)10(8)12(16)13(11)4-5-19-6-7-20/h1-3,20H,4-7H2. The molecule has 0 radical (unpaired) electrons. The van der Waals surface area contributed by atoms with Gasteiger partial charge in [0, 0.05) is 11.8 Å². The third-order valence-corrected chi connectivity index (χ3v) is 3.05. The van der Waals surface area contributed by atoms with E-state index < -0.39 is 16.7 Å². The summed E-state index contributed by atoms with van der Waals surface area (Å²) in [4.78, 5) is 35.4. The van der Waals surface area contributed by atoms with Crippen LogP contribution < -0.4 is 0 Å². The van der Waals surface area contributed by atoms with Crippen LogP contribution in [0.25, 0.3) is 0 Å². The maximum absolute atomic E-state index is 12.1. The second-order valence-corrected chi connectivity index (χ2v) is 4.50. The zero-order valence-electron chi connectivity index (χ0n) is 10.4. The van der Waals surface area contributed by atoms with Crippen LogP contribution in [0.3, 0.4) is 0 Å². The largest absolute Gasteiger partial charge is 0.379 e. The van der Waals surface area contributed by atoms with E-state index in [1.54, 1.807) is 0 Å². The number of hydrogen-bond donors (Lipinski definition) is 1. The van der Waals surface area contributed by atoms with E-state index >= 15 is 0 Å². The number of nitro groups is 1. The molecule has 1 aliphatic rings. The maximum atomic E-state index is 12.1. The van der Waals surface area contributed by atoms with Crippen molar-refractivity contribution in [1.82, 2.24) is 4.90 Å². The molecule has 0 atom stereocenters. The van der Waals surface area contributed by atoms with Gasteiger partial charge in [-0.05, 0) is 6.07 Å². The van der Waals surface area contributed by atoms with Gasteiger partial charge in [-0.15, -0.1) is 0 Å². The Morgan fingerprint density at radius 3 is 2.65 bits per heavy atom. The molecule has 106 valence electrons. The number of nitrogens with zero attached hydrogens (tertiary/aromatic N) is 2. The van der Waals surface area contributed by atoms with Gasteiger partial charge in [0.1, 0.15) is 5.56 Å². The Morgan fingerprint density at radius 1 is 1.25 bits per heavy atom. The van der Waals surface area contributed by atoms with E-state index in [1.807, 2.05) is 0 Å². The van der Waals surface area contributed by atoms with E-state index in [0.29, 0.717) is 12.4 Å². The molecule has 0 saturated carbocycles. The van der Waals surface area contributed by atoms with E-state index in [9.17, 15) is 19.7 Å². The van der Waals surface area contributed by atoms with E-state index in [-0.39, 0.29) is 30.0 Å². The SMILES string of the molecule is O=C1c2cccc([N+](=O)[O-])c2C(=O)N1CCOCCS. The molecule has 1 aromatic rings. The summed E-state index contributed by atoms with van der Waals surface area (Å²) in [5.74, 6) is -0.636. The lowest BCUT2D eigenvalue weighted by atomic mass is 10.1. The van der Waals surface area contributed by atoms with Crippen LogP contribution in [0.4, 0.5) is 5.69 Å². The minimum Gasteiger partial charge on any atom is -0.379 e. The van der Waals surface area contributed by atoms with Crippen molar-refractivity contribution in [3.05, 3.63) is 39.4 Å². The summed E-state index contributed by atoms with van der Waals surface area (Å²) in [6.07, 6.45) is 0. The van der Waals surface area contributed by atoms with Crippen molar-refractivity contribution >= 4 is 30.1 Å². The van der Waals surface area contributed by atoms with Crippen molar-refractivity contribution in [3.8, 4) is 0 Å². The Hall–Kier alpha value is -1.93. The Balaban J connectivity index is 2.22. The molecule has 0 unspecified atom stereocenters. The fraction of sp³-hybridized carbons (Fsp3) is 0.333. The molecule has 0 fully saturated rings. The van der Waals surface area contributed by atoms with Crippen LogP contribution in [0.5, 0.6) is 0 Å². The van der Waals surface area contributed by atoms with E-state index in [2.05, 4.69) is 12.6 Å². The molecular weight excluding hydrogens is 284 g/mol. The van der Waals surface area contributed by atoms with Crippen LogP contribution in [0.1, 0.15) is 20.7 Å². The Kier molecular flexibility index (Phi) is 4.35. The topological polar surface area (TPSA) is 89.8 Å². The third kappa shape index (κ3) is 2.52. The molecule has 0 aromatic heterocycles. The van der Waals surface area contributed by atoms with Gasteiger partial charge in [0.15, 0.2) is 0 Å². The minimum absolute atomic E-state index is 0.0667. The highest BCUT2D eigenvalue weighted by Crippen LogP contribution is 2.30. The fourth-order valence-electron chi connectivity index (χ4n) is 1.99. The summed E-state index contributed by atoms with van der Waals surface area (Å²) in [6, 6.07) is 4.02. The van der Waals surface area contributed by atoms with Crippen LogP contribution in [-0.2, 0) is 4.74 Å². The number of benzene rings is 1. The van der Waals surface area contributed by atoms with Crippen molar-refractivity contribution in [3.63, 3.8) is 0 Å². The smallest absolute Gasteiger partial charge is 0.282 e. The number of hydrogen-bond acceptors (Lipinski definition) is 6. The zero-order valence-corrected chi connectivity index (χ0v) is 11.3. The highest BCUT2D eigenvalue weighted by atomic mass is 32.1. The molecule has 0 bridgehead atoms. The molecule has 0 spiro atoms. The van der Waals surface area contributed by atoms with E-state index in [0.717, 1.165) is 4.90 Å². The predicted octanol–water partition coefficient (Wildman–Crippen LogP) is 1.14. The second-order valence-electron chi connectivity index (χ2n) is 4.05. The zero-order chi connectivity index (χ0) is 14.7. The highest BCUT2D eigenvalue weighted by Gasteiger charge is 2.40. The van der Waals surface area contributed by atoms with Gasteiger partial charge in [-0.25, -0.2) is 0 Å². The molecule has 2 amide bonds. The number of ether oxygens (including phenoxy) is 1. The lowest BCUT2D eigenvalue weighted by Gasteiger charge is -2.13. The molecule has 7 nitrogen and oxygen atoms in total. The van der Waals surface area contributed by atoms with Crippen LogP contribution in [0.2, 0.25) is 0 Å².